The lowest BCUT2D eigenvalue weighted by molar-refractivity contribution is -0.133. The fourth-order valence-corrected chi connectivity index (χ4v) is 2.64. The Morgan fingerprint density at radius 2 is 2.05 bits per heavy atom. The lowest BCUT2D eigenvalue weighted by Crippen LogP contribution is -2.28. The molecule has 0 aliphatic carbocycles. The van der Waals surface area contributed by atoms with Gasteiger partial charge in [0, 0.05) is 17.3 Å². The summed E-state index contributed by atoms with van der Waals surface area (Å²) in [5.74, 6) is -2.34. The molecular formula is C16H13N3O2. The number of allylic oxidation sites excluding steroid dienone is 1. The SMILES string of the molecule is CC1=NC(C)=C(C(=O)O)C(c2cccc(C#N)c2)C1C#N. The maximum Gasteiger partial charge on any atom is 0.334 e. The zero-order chi connectivity index (χ0) is 15.6. The molecular weight excluding hydrogens is 266 g/mol. The van der Waals surface area contributed by atoms with Gasteiger partial charge in [-0.2, -0.15) is 10.5 Å². The molecule has 0 amide bonds. The van der Waals surface area contributed by atoms with Gasteiger partial charge in [0.2, 0.25) is 0 Å². The predicted molar refractivity (Wildman–Crippen MR) is 76.4 cm³/mol. The molecule has 5 nitrogen and oxygen atoms in total. The molecule has 0 fully saturated rings. The number of aliphatic carboxylic acids is 1. The van der Waals surface area contributed by atoms with Crippen LogP contribution < -0.4 is 0 Å². The molecule has 1 aromatic carbocycles. The summed E-state index contributed by atoms with van der Waals surface area (Å²) in [6.07, 6.45) is 0. The highest BCUT2D eigenvalue weighted by Crippen LogP contribution is 2.38. The molecule has 0 saturated heterocycles. The van der Waals surface area contributed by atoms with Crippen LogP contribution in [0.5, 0.6) is 0 Å². The van der Waals surface area contributed by atoms with E-state index in [2.05, 4.69) is 11.1 Å². The predicted octanol–water partition coefficient (Wildman–Crippen LogP) is 2.61. The van der Waals surface area contributed by atoms with E-state index in [9.17, 15) is 15.2 Å². The van der Waals surface area contributed by atoms with Crippen molar-refractivity contribution in [3.05, 3.63) is 46.7 Å². The number of nitriles is 2. The summed E-state index contributed by atoms with van der Waals surface area (Å²) in [4.78, 5) is 15.8. The monoisotopic (exact) mass is 279 g/mol. The molecule has 0 radical (unpaired) electrons. The quantitative estimate of drug-likeness (QED) is 0.899. The highest BCUT2D eigenvalue weighted by atomic mass is 16.4. The summed E-state index contributed by atoms with van der Waals surface area (Å²) < 4.78 is 0. The molecule has 21 heavy (non-hydrogen) atoms. The van der Waals surface area contributed by atoms with Gasteiger partial charge in [0.25, 0.3) is 0 Å². The smallest absolute Gasteiger partial charge is 0.334 e. The summed E-state index contributed by atoms with van der Waals surface area (Å²) in [7, 11) is 0. The molecule has 0 aromatic heterocycles. The Morgan fingerprint density at radius 3 is 2.62 bits per heavy atom. The van der Waals surface area contributed by atoms with E-state index < -0.39 is 17.8 Å². The number of benzene rings is 1. The van der Waals surface area contributed by atoms with Crippen molar-refractivity contribution in [2.45, 2.75) is 19.8 Å². The van der Waals surface area contributed by atoms with Crippen molar-refractivity contribution >= 4 is 11.7 Å². The van der Waals surface area contributed by atoms with Gasteiger partial charge < -0.3 is 5.11 Å². The van der Waals surface area contributed by atoms with E-state index in [4.69, 9.17) is 5.26 Å². The van der Waals surface area contributed by atoms with E-state index in [0.717, 1.165) is 0 Å². The fraction of sp³-hybridized carbons (Fsp3) is 0.250. The Labute approximate surface area is 122 Å². The normalized spacial score (nSPS) is 21.2. The second-order valence-electron chi connectivity index (χ2n) is 4.88. The van der Waals surface area contributed by atoms with Crippen LogP contribution in [0.15, 0.2) is 40.5 Å². The second kappa shape index (κ2) is 5.60. The molecule has 104 valence electrons. The van der Waals surface area contributed by atoms with Gasteiger partial charge in [-0.15, -0.1) is 0 Å². The standard InChI is InChI=1S/C16H13N3O2/c1-9-13(8-18)15(14(16(20)21)10(2)19-9)12-5-3-4-11(6-12)7-17/h3-6,13,15H,1-2H3,(H,20,21). The number of carboxylic acid groups (broad SMARTS) is 1. The minimum Gasteiger partial charge on any atom is -0.478 e. The fourth-order valence-electron chi connectivity index (χ4n) is 2.64. The minimum absolute atomic E-state index is 0.113. The largest absolute Gasteiger partial charge is 0.478 e. The number of carboxylic acids is 1. The molecule has 5 heteroatoms. The first-order valence-electron chi connectivity index (χ1n) is 6.38. The first-order valence-corrected chi connectivity index (χ1v) is 6.38. The van der Waals surface area contributed by atoms with Crippen molar-refractivity contribution in [2.75, 3.05) is 0 Å². The summed E-state index contributed by atoms with van der Waals surface area (Å²) in [6.45, 7) is 3.35. The third kappa shape index (κ3) is 2.54. The van der Waals surface area contributed by atoms with Gasteiger partial charge >= 0.3 is 5.97 Å². The minimum atomic E-state index is -1.09. The number of hydrogen-bond donors (Lipinski definition) is 1. The van der Waals surface area contributed by atoms with Crippen molar-refractivity contribution in [3.8, 4) is 12.1 Å². The second-order valence-corrected chi connectivity index (χ2v) is 4.88. The number of hydrogen-bond acceptors (Lipinski definition) is 4. The zero-order valence-corrected chi connectivity index (χ0v) is 11.7. The van der Waals surface area contributed by atoms with Gasteiger partial charge in [-0.3, -0.25) is 4.99 Å². The van der Waals surface area contributed by atoms with Crippen molar-refractivity contribution in [2.24, 2.45) is 10.9 Å². The first kappa shape index (κ1) is 14.5. The first-order chi connectivity index (χ1) is 9.99. The van der Waals surface area contributed by atoms with Crippen LogP contribution in [0.2, 0.25) is 0 Å². The zero-order valence-electron chi connectivity index (χ0n) is 11.7. The van der Waals surface area contributed by atoms with Gasteiger partial charge in [0.1, 0.15) is 0 Å². The molecule has 1 N–H and O–H groups in total. The van der Waals surface area contributed by atoms with E-state index in [0.29, 0.717) is 22.5 Å². The van der Waals surface area contributed by atoms with Crippen LogP contribution in [-0.2, 0) is 4.79 Å². The maximum absolute atomic E-state index is 11.6. The molecule has 0 spiro atoms. The van der Waals surface area contributed by atoms with E-state index >= 15 is 0 Å². The number of aliphatic imine (C=N–C) groups is 1. The van der Waals surface area contributed by atoms with Crippen molar-refractivity contribution < 1.29 is 9.90 Å². The van der Waals surface area contributed by atoms with Crippen LogP contribution in [-0.4, -0.2) is 16.8 Å². The van der Waals surface area contributed by atoms with Crippen molar-refractivity contribution in [3.63, 3.8) is 0 Å². The van der Waals surface area contributed by atoms with Crippen LogP contribution in [0.4, 0.5) is 0 Å². The summed E-state index contributed by atoms with van der Waals surface area (Å²) in [5.41, 5.74) is 2.19. The third-order valence-electron chi connectivity index (χ3n) is 3.57. The van der Waals surface area contributed by atoms with E-state index in [1.165, 1.54) is 0 Å². The Bertz CT molecular complexity index is 748. The lowest BCUT2D eigenvalue weighted by atomic mass is 9.76. The average Bonchev–Trinajstić information content (AvgIpc) is 2.46. The van der Waals surface area contributed by atoms with E-state index in [-0.39, 0.29) is 5.57 Å². The Kier molecular flexibility index (Phi) is 3.86. The van der Waals surface area contributed by atoms with E-state index in [1.54, 1.807) is 38.1 Å². The lowest BCUT2D eigenvalue weighted by Gasteiger charge is -2.28. The average molecular weight is 279 g/mol. The van der Waals surface area contributed by atoms with Crippen LogP contribution >= 0.6 is 0 Å². The number of nitrogens with zero attached hydrogens (tertiary/aromatic N) is 3. The van der Waals surface area contributed by atoms with Crippen LogP contribution in [0.25, 0.3) is 0 Å². The Balaban J connectivity index is 2.67. The van der Waals surface area contributed by atoms with Crippen LogP contribution in [0.3, 0.4) is 0 Å². The molecule has 0 bridgehead atoms. The molecule has 2 atom stereocenters. The van der Waals surface area contributed by atoms with Crippen LogP contribution in [0.1, 0.15) is 30.9 Å². The highest BCUT2D eigenvalue weighted by Gasteiger charge is 2.37. The Morgan fingerprint density at radius 1 is 1.33 bits per heavy atom. The number of rotatable bonds is 2. The van der Waals surface area contributed by atoms with E-state index in [1.807, 2.05) is 6.07 Å². The molecule has 2 rings (SSSR count). The van der Waals surface area contributed by atoms with Crippen molar-refractivity contribution in [1.29, 1.82) is 10.5 Å². The van der Waals surface area contributed by atoms with Gasteiger partial charge in [-0.1, -0.05) is 12.1 Å². The topological polar surface area (TPSA) is 97.2 Å². The molecule has 1 aliphatic rings. The molecule has 2 unspecified atom stereocenters. The molecule has 1 heterocycles. The van der Waals surface area contributed by atoms with Gasteiger partial charge in [0.05, 0.1) is 29.2 Å². The molecule has 0 saturated carbocycles. The summed E-state index contributed by atoms with van der Waals surface area (Å²) in [5, 5.41) is 27.9. The van der Waals surface area contributed by atoms with Crippen LogP contribution in [0, 0.1) is 28.6 Å². The summed E-state index contributed by atoms with van der Waals surface area (Å²) in [6, 6.07) is 10.9. The molecule has 1 aromatic rings. The molecule has 1 aliphatic heterocycles. The maximum atomic E-state index is 11.6. The number of carbonyl (C=O) groups is 1. The van der Waals surface area contributed by atoms with Gasteiger partial charge in [0.15, 0.2) is 0 Å². The van der Waals surface area contributed by atoms with Gasteiger partial charge in [-0.05, 0) is 31.5 Å². The van der Waals surface area contributed by atoms with Crippen molar-refractivity contribution in [1.82, 2.24) is 0 Å². The highest BCUT2D eigenvalue weighted by molar-refractivity contribution is 5.97. The Hall–Kier alpha value is -2.92. The third-order valence-corrected chi connectivity index (χ3v) is 3.57. The summed E-state index contributed by atoms with van der Waals surface area (Å²) >= 11 is 0. The van der Waals surface area contributed by atoms with Gasteiger partial charge in [-0.25, -0.2) is 4.79 Å².